The van der Waals surface area contributed by atoms with Crippen LogP contribution in [0.5, 0.6) is 5.75 Å². The van der Waals surface area contributed by atoms with Crippen LogP contribution >= 0.6 is 0 Å². The molecule has 2 aromatic heterocycles. The van der Waals surface area contributed by atoms with Crippen molar-refractivity contribution in [1.29, 1.82) is 0 Å². The van der Waals surface area contributed by atoms with E-state index in [0.717, 1.165) is 16.3 Å². The number of aliphatic hydroxyl groups excluding tert-OH is 2. The molecular formula is C28H26N6O5. The van der Waals surface area contributed by atoms with Gasteiger partial charge in [-0.05, 0) is 28.5 Å². The fourth-order valence-corrected chi connectivity index (χ4v) is 4.98. The van der Waals surface area contributed by atoms with Crippen molar-refractivity contribution in [3.05, 3.63) is 90.5 Å². The number of hydrogen-bond acceptors (Lipinski definition) is 9. The highest BCUT2D eigenvalue weighted by Crippen LogP contribution is 2.33. The number of aromatic nitrogens is 4. The third kappa shape index (κ3) is 4.52. The summed E-state index contributed by atoms with van der Waals surface area (Å²) in [7, 11) is 0. The Morgan fingerprint density at radius 3 is 2.64 bits per heavy atom. The van der Waals surface area contributed by atoms with Crippen LogP contribution in [0.1, 0.15) is 22.1 Å². The lowest BCUT2D eigenvalue weighted by atomic mass is 10.0. The number of imidazole rings is 1. The van der Waals surface area contributed by atoms with Gasteiger partial charge < -0.3 is 30.7 Å². The Morgan fingerprint density at radius 1 is 1.00 bits per heavy atom. The molecule has 198 valence electrons. The van der Waals surface area contributed by atoms with Crippen LogP contribution in [0.25, 0.3) is 21.9 Å². The van der Waals surface area contributed by atoms with Crippen molar-refractivity contribution in [2.24, 2.45) is 0 Å². The average Bonchev–Trinajstić information content (AvgIpc) is 3.53. The smallest absolute Gasteiger partial charge is 0.255 e. The summed E-state index contributed by atoms with van der Waals surface area (Å²) in [6.07, 6.45) is -0.210. The van der Waals surface area contributed by atoms with Crippen LogP contribution in [0, 0.1) is 0 Å². The molecule has 1 amide bonds. The number of amides is 1. The Kier molecular flexibility index (Phi) is 6.53. The van der Waals surface area contributed by atoms with Gasteiger partial charge in [-0.3, -0.25) is 9.36 Å². The molecule has 1 aliphatic heterocycles. The lowest BCUT2D eigenvalue weighted by molar-refractivity contribution is -0.0440. The zero-order valence-corrected chi connectivity index (χ0v) is 20.7. The van der Waals surface area contributed by atoms with Gasteiger partial charge in [-0.2, -0.15) is 0 Å². The Labute approximate surface area is 222 Å². The number of phenolic OH excluding ortho intramolecular Hbond substituents is 1. The first-order valence-corrected chi connectivity index (χ1v) is 12.5. The molecule has 11 heteroatoms. The van der Waals surface area contributed by atoms with Crippen LogP contribution in [-0.4, -0.2) is 65.6 Å². The molecule has 39 heavy (non-hydrogen) atoms. The van der Waals surface area contributed by atoms with Gasteiger partial charge in [0.15, 0.2) is 23.2 Å². The molecular weight excluding hydrogens is 500 g/mol. The number of hydrogen-bond donors (Lipinski definition) is 5. The zero-order chi connectivity index (χ0) is 26.9. The Morgan fingerprint density at radius 2 is 1.79 bits per heavy atom. The number of carbonyl (C=O) groups is 1. The largest absolute Gasteiger partial charge is 0.507 e. The molecule has 0 unspecified atom stereocenters. The number of phenols is 1. The number of rotatable bonds is 7. The van der Waals surface area contributed by atoms with E-state index in [4.69, 9.17) is 4.74 Å². The van der Waals surface area contributed by atoms with E-state index < -0.39 is 37.0 Å². The van der Waals surface area contributed by atoms with E-state index in [9.17, 15) is 20.1 Å². The molecule has 5 N–H and O–H groups in total. The maximum atomic E-state index is 12.9. The number of nitrogens with one attached hydrogen (secondary N) is 2. The van der Waals surface area contributed by atoms with Crippen molar-refractivity contribution in [2.75, 3.05) is 11.9 Å². The van der Waals surface area contributed by atoms with Crippen molar-refractivity contribution in [3.8, 4) is 5.75 Å². The van der Waals surface area contributed by atoms with E-state index in [1.807, 2.05) is 24.3 Å². The lowest BCUT2D eigenvalue weighted by Gasteiger charge is -2.23. The number of aliphatic hydroxyl groups is 2. The van der Waals surface area contributed by atoms with Gasteiger partial charge in [-0.1, -0.05) is 54.6 Å². The summed E-state index contributed by atoms with van der Waals surface area (Å²) in [4.78, 5) is 26.2. The van der Waals surface area contributed by atoms with Crippen LogP contribution in [-0.2, 0) is 11.3 Å². The third-order valence-corrected chi connectivity index (χ3v) is 6.96. The van der Waals surface area contributed by atoms with Crippen molar-refractivity contribution in [2.45, 2.75) is 31.0 Å². The second-order valence-electron chi connectivity index (χ2n) is 9.29. The van der Waals surface area contributed by atoms with Crippen LogP contribution < -0.4 is 10.6 Å². The van der Waals surface area contributed by atoms with Gasteiger partial charge in [0.1, 0.15) is 30.3 Å². The number of anilines is 1. The van der Waals surface area contributed by atoms with Gasteiger partial charge in [0.25, 0.3) is 5.91 Å². The van der Waals surface area contributed by atoms with E-state index in [-0.39, 0.29) is 11.3 Å². The van der Waals surface area contributed by atoms with E-state index >= 15 is 0 Å². The highest BCUT2D eigenvalue weighted by Gasteiger charge is 2.46. The fourth-order valence-electron chi connectivity index (χ4n) is 4.98. The summed E-state index contributed by atoms with van der Waals surface area (Å²) in [6, 6.07) is 19.4. The first-order valence-electron chi connectivity index (χ1n) is 12.5. The van der Waals surface area contributed by atoms with Crippen molar-refractivity contribution >= 4 is 33.7 Å². The molecule has 0 radical (unpaired) electrons. The summed E-state index contributed by atoms with van der Waals surface area (Å²) < 4.78 is 7.53. The molecule has 0 bridgehead atoms. The third-order valence-electron chi connectivity index (χ3n) is 6.96. The minimum atomic E-state index is -1.22. The Hall–Kier alpha value is -4.58. The van der Waals surface area contributed by atoms with Crippen LogP contribution in [0.3, 0.4) is 0 Å². The normalized spacial score (nSPS) is 20.9. The quantitative estimate of drug-likeness (QED) is 0.215. The molecule has 0 aliphatic carbocycles. The minimum Gasteiger partial charge on any atom is -0.507 e. The topological polar surface area (TPSA) is 155 Å². The lowest BCUT2D eigenvalue weighted by Crippen LogP contribution is -2.46. The summed E-state index contributed by atoms with van der Waals surface area (Å²) in [5.41, 5.74) is 2.05. The molecule has 5 aromatic rings. The zero-order valence-electron chi connectivity index (χ0n) is 20.7. The minimum absolute atomic E-state index is 0.0497. The van der Waals surface area contributed by atoms with E-state index in [2.05, 4.69) is 43.8 Å². The monoisotopic (exact) mass is 526 g/mol. The molecule has 1 saturated heterocycles. The number of aromatic hydroxyl groups is 1. The molecule has 3 aromatic carbocycles. The maximum absolute atomic E-state index is 12.9. The van der Waals surface area contributed by atoms with Crippen LogP contribution in [0.2, 0.25) is 0 Å². The fraction of sp³-hybridized carbons (Fsp3) is 0.214. The number of fused-ring (bicyclic) bond motifs is 2. The SMILES string of the molecule is O=C(N[C@@H]1[C@H](O)[C@@H](CO)O[C@H]1n1cnc2c(NCc3cccc4ccccc34)ncnc21)c1ccccc1O. The number of benzene rings is 3. The first kappa shape index (κ1) is 24.7. The molecule has 4 atom stereocenters. The first-order chi connectivity index (χ1) is 19.0. The maximum Gasteiger partial charge on any atom is 0.255 e. The average molecular weight is 527 g/mol. The summed E-state index contributed by atoms with van der Waals surface area (Å²) >= 11 is 0. The van der Waals surface area contributed by atoms with Crippen molar-refractivity contribution < 1.29 is 24.9 Å². The predicted molar refractivity (Wildman–Crippen MR) is 143 cm³/mol. The molecule has 11 nitrogen and oxygen atoms in total. The van der Waals surface area contributed by atoms with E-state index in [1.54, 1.807) is 16.7 Å². The predicted octanol–water partition coefficient (Wildman–Crippen LogP) is 2.35. The highest BCUT2D eigenvalue weighted by atomic mass is 16.5. The second-order valence-corrected chi connectivity index (χ2v) is 9.29. The summed E-state index contributed by atoms with van der Waals surface area (Å²) in [5.74, 6) is -0.277. The standard InChI is InChI=1S/C28H26N6O5/c35-13-21-24(37)22(33-27(38)19-10-3-4-11-20(19)36)28(39-21)34-15-32-23-25(30-14-31-26(23)34)29-12-17-8-5-7-16-6-1-2-9-18(16)17/h1-11,14-15,21-22,24,28,35-37H,12-13H2,(H,33,38)(H,29,30,31)/t21-,22-,24-,28-/m1/s1. The molecule has 3 heterocycles. The van der Waals surface area contributed by atoms with E-state index in [0.29, 0.717) is 23.5 Å². The molecule has 0 saturated carbocycles. The number of ether oxygens (including phenoxy) is 1. The van der Waals surface area contributed by atoms with Gasteiger partial charge in [0, 0.05) is 6.54 Å². The Balaban J connectivity index is 1.29. The van der Waals surface area contributed by atoms with Crippen molar-refractivity contribution in [3.63, 3.8) is 0 Å². The van der Waals surface area contributed by atoms with Gasteiger partial charge in [0.05, 0.1) is 18.5 Å². The molecule has 0 spiro atoms. The van der Waals surface area contributed by atoms with Gasteiger partial charge in [-0.15, -0.1) is 0 Å². The summed E-state index contributed by atoms with van der Waals surface area (Å²) in [5, 5.41) is 39.1. The van der Waals surface area contributed by atoms with Crippen LogP contribution in [0.15, 0.2) is 79.4 Å². The van der Waals surface area contributed by atoms with Gasteiger partial charge >= 0.3 is 0 Å². The molecule has 6 rings (SSSR count). The summed E-state index contributed by atoms with van der Waals surface area (Å²) in [6.45, 7) is 0.0465. The molecule has 1 fully saturated rings. The number of para-hydroxylation sites is 1. The number of carbonyl (C=O) groups excluding carboxylic acids is 1. The second kappa shape index (κ2) is 10.3. The van der Waals surface area contributed by atoms with Gasteiger partial charge in [-0.25, -0.2) is 15.0 Å². The van der Waals surface area contributed by atoms with Gasteiger partial charge in [0.2, 0.25) is 0 Å². The Bertz CT molecular complexity index is 1650. The molecule has 1 aliphatic rings. The number of nitrogens with zero attached hydrogens (tertiary/aromatic N) is 4. The van der Waals surface area contributed by atoms with Crippen molar-refractivity contribution in [1.82, 2.24) is 24.8 Å². The highest BCUT2D eigenvalue weighted by molar-refractivity contribution is 5.97. The van der Waals surface area contributed by atoms with Crippen LogP contribution in [0.4, 0.5) is 5.82 Å². The van der Waals surface area contributed by atoms with E-state index in [1.165, 1.54) is 24.8 Å².